The largest absolute Gasteiger partial charge is 0.480 e. The number of nitrogens with zero attached hydrogens (tertiary/aromatic N) is 2. The molecule has 0 radical (unpaired) electrons. The van der Waals surface area contributed by atoms with Gasteiger partial charge in [-0.15, -0.1) is 0 Å². The van der Waals surface area contributed by atoms with Crippen molar-refractivity contribution in [3.8, 4) is 0 Å². The minimum atomic E-state index is -1.07. The van der Waals surface area contributed by atoms with Crippen molar-refractivity contribution in [1.29, 1.82) is 0 Å². The van der Waals surface area contributed by atoms with Gasteiger partial charge >= 0.3 is 11.9 Å². The molecule has 0 saturated carbocycles. The number of benzene rings is 1. The van der Waals surface area contributed by atoms with Crippen molar-refractivity contribution in [2.45, 2.75) is 19.8 Å². The highest BCUT2D eigenvalue weighted by Crippen LogP contribution is 2.29. The third kappa shape index (κ3) is 4.72. The third-order valence-corrected chi connectivity index (χ3v) is 2.97. The van der Waals surface area contributed by atoms with Crippen LogP contribution in [0.5, 0.6) is 0 Å². The molecule has 0 fully saturated rings. The van der Waals surface area contributed by atoms with Crippen molar-refractivity contribution < 1.29 is 24.4 Å². The monoisotopic (exact) mass is 310 g/mol. The van der Waals surface area contributed by atoms with Crippen LogP contribution in [0.2, 0.25) is 0 Å². The first-order valence-electron chi connectivity index (χ1n) is 6.69. The van der Waals surface area contributed by atoms with E-state index in [1.165, 1.54) is 24.1 Å². The number of rotatable bonds is 8. The van der Waals surface area contributed by atoms with E-state index in [0.29, 0.717) is 18.5 Å². The normalized spacial score (nSPS) is 10.1. The van der Waals surface area contributed by atoms with E-state index in [0.717, 1.165) is 0 Å². The Morgan fingerprint density at radius 2 is 2.09 bits per heavy atom. The Kier molecular flexibility index (Phi) is 6.30. The number of hydrogen-bond acceptors (Lipinski definition) is 6. The average Bonchev–Trinajstić information content (AvgIpc) is 2.46. The molecule has 22 heavy (non-hydrogen) atoms. The van der Waals surface area contributed by atoms with Crippen LogP contribution in [0.25, 0.3) is 0 Å². The van der Waals surface area contributed by atoms with Crippen LogP contribution in [0.3, 0.4) is 0 Å². The molecule has 120 valence electrons. The van der Waals surface area contributed by atoms with Gasteiger partial charge in [-0.25, -0.2) is 0 Å². The highest BCUT2D eigenvalue weighted by atomic mass is 16.6. The molecule has 8 heteroatoms. The Bertz CT molecular complexity index is 572. The minimum Gasteiger partial charge on any atom is -0.480 e. The van der Waals surface area contributed by atoms with Crippen LogP contribution in [-0.4, -0.2) is 42.2 Å². The molecule has 0 heterocycles. The Morgan fingerprint density at radius 1 is 1.41 bits per heavy atom. The van der Waals surface area contributed by atoms with E-state index in [-0.39, 0.29) is 24.3 Å². The first-order valence-corrected chi connectivity index (χ1v) is 6.69. The number of nitro groups is 1. The predicted molar refractivity (Wildman–Crippen MR) is 79.0 cm³/mol. The molecule has 0 bridgehead atoms. The average molecular weight is 310 g/mol. The van der Waals surface area contributed by atoms with Crippen molar-refractivity contribution in [3.63, 3.8) is 0 Å². The molecule has 0 amide bonds. The van der Waals surface area contributed by atoms with Crippen LogP contribution in [0, 0.1) is 10.1 Å². The summed E-state index contributed by atoms with van der Waals surface area (Å²) in [5.41, 5.74) is 0.438. The van der Waals surface area contributed by atoms with Crippen LogP contribution in [0.4, 0.5) is 11.4 Å². The first kappa shape index (κ1) is 17.4. The summed E-state index contributed by atoms with van der Waals surface area (Å²) in [6.07, 6.45) is 0.568. The Balaban J connectivity index is 3.19. The molecule has 1 N–H and O–H groups in total. The smallest absolute Gasteiger partial charge is 0.323 e. The lowest BCUT2D eigenvalue weighted by atomic mass is 10.1. The summed E-state index contributed by atoms with van der Waals surface area (Å²) in [5.74, 6) is -1.57. The summed E-state index contributed by atoms with van der Waals surface area (Å²) in [6, 6.07) is 4.30. The number of carbonyl (C=O) groups is 2. The molecule has 8 nitrogen and oxygen atoms in total. The summed E-state index contributed by atoms with van der Waals surface area (Å²) >= 11 is 0. The predicted octanol–water partition coefficient (Wildman–Crippen LogP) is 1.61. The number of ether oxygens (including phenoxy) is 1. The van der Waals surface area contributed by atoms with Gasteiger partial charge in [0.15, 0.2) is 0 Å². The summed E-state index contributed by atoms with van der Waals surface area (Å²) in [6.45, 7) is 1.90. The maximum absolute atomic E-state index is 11.2. The van der Waals surface area contributed by atoms with Gasteiger partial charge in [-0.1, -0.05) is 13.0 Å². The lowest BCUT2D eigenvalue weighted by Gasteiger charge is -2.22. The number of carboxylic acids is 1. The zero-order valence-corrected chi connectivity index (χ0v) is 12.4. The second-order valence-electron chi connectivity index (χ2n) is 4.65. The summed E-state index contributed by atoms with van der Waals surface area (Å²) in [5, 5.41) is 20.2. The topological polar surface area (TPSA) is 110 Å². The second-order valence-corrected chi connectivity index (χ2v) is 4.65. The number of nitro benzene ring substituents is 1. The van der Waals surface area contributed by atoms with E-state index in [2.05, 4.69) is 4.74 Å². The van der Waals surface area contributed by atoms with Gasteiger partial charge in [0.05, 0.1) is 18.5 Å². The number of anilines is 1. The standard InChI is InChI=1S/C14H18N2O6/c1-3-6-15(9-13(17)18)11-5-4-10(8-14(19)22-2)7-12(11)16(20)21/h4-5,7H,3,6,8-9H2,1-2H3,(H,17,18). The van der Waals surface area contributed by atoms with E-state index >= 15 is 0 Å². The van der Waals surface area contributed by atoms with Crippen LogP contribution >= 0.6 is 0 Å². The number of carbonyl (C=O) groups excluding carboxylic acids is 1. The number of methoxy groups -OCH3 is 1. The van der Waals surface area contributed by atoms with Gasteiger partial charge in [-0.3, -0.25) is 19.7 Å². The van der Waals surface area contributed by atoms with Crippen LogP contribution in [0.15, 0.2) is 18.2 Å². The summed E-state index contributed by atoms with van der Waals surface area (Å²) in [7, 11) is 1.24. The van der Waals surface area contributed by atoms with E-state index in [1.807, 2.05) is 6.92 Å². The van der Waals surface area contributed by atoms with E-state index < -0.39 is 16.9 Å². The molecular formula is C14H18N2O6. The zero-order valence-electron chi connectivity index (χ0n) is 12.4. The fourth-order valence-corrected chi connectivity index (χ4v) is 2.05. The van der Waals surface area contributed by atoms with Crippen molar-refractivity contribution in [3.05, 3.63) is 33.9 Å². The van der Waals surface area contributed by atoms with Gasteiger partial charge in [0.25, 0.3) is 5.69 Å². The van der Waals surface area contributed by atoms with Gasteiger partial charge in [-0.05, 0) is 18.1 Å². The number of esters is 1. The Morgan fingerprint density at radius 3 is 2.59 bits per heavy atom. The van der Waals surface area contributed by atoms with Gasteiger partial charge in [0.2, 0.25) is 0 Å². The molecule has 1 rings (SSSR count). The highest BCUT2D eigenvalue weighted by Gasteiger charge is 2.22. The molecule has 0 atom stereocenters. The van der Waals surface area contributed by atoms with Gasteiger partial charge in [0.1, 0.15) is 12.2 Å². The molecular weight excluding hydrogens is 292 g/mol. The molecule has 0 saturated heterocycles. The number of hydrogen-bond donors (Lipinski definition) is 1. The highest BCUT2D eigenvalue weighted by molar-refractivity contribution is 5.77. The van der Waals surface area contributed by atoms with Crippen molar-refractivity contribution in [2.24, 2.45) is 0 Å². The maximum atomic E-state index is 11.2. The minimum absolute atomic E-state index is 0.0790. The molecule has 1 aromatic carbocycles. The molecule has 0 aromatic heterocycles. The fourth-order valence-electron chi connectivity index (χ4n) is 2.05. The quantitative estimate of drug-likeness (QED) is 0.441. The Labute approximate surface area is 127 Å². The zero-order chi connectivity index (χ0) is 16.7. The van der Waals surface area contributed by atoms with Crippen molar-refractivity contribution in [2.75, 3.05) is 25.1 Å². The lowest BCUT2D eigenvalue weighted by molar-refractivity contribution is -0.384. The van der Waals surface area contributed by atoms with Gasteiger partial charge in [-0.2, -0.15) is 0 Å². The number of aliphatic carboxylic acids is 1. The molecule has 0 spiro atoms. The summed E-state index contributed by atoms with van der Waals surface area (Å²) in [4.78, 5) is 34.3. The van der Waals surface area contributed by atoms with Gasteiger partial charge in [0, 0.05) is 12.6 Å². The molecule has 1 aromatic rings. The van der Waals surface area contributed by atoms with Crippen molar-refractivity contribution in [1.82, 2.24) is 0 Å². The van der Waals surface area contributed by atoms with E-state index in [1.54, 1.807) is 6.07 Å². The number of carboxylic acid groups (broad SMARTS) is 1. The van der Waals surface area contributed by atoms with Crippen LogP contribution in [0.1, 0.15) is 18.9 Å². The van der Waals surface area contributed by atoms with Crippen LogP contribution in [-0.2, 0) is 20.7 Å². The fraction of sp³-hybridized carbons (Fsp3) is 0.429. The maximum Gasteiger partial charge on any atom is 0.323 e. The van der Waals surface area contributed by atoms with E-state index in [4.69, 9.17) is 5.11 Å². The lowest BCUT2D eigenvalue weighted by Crippen LogP contribution is -2.31. The summed E-state index contributed by atoms with van der Waals surface area (Å²) < 4.78 is 4.53. The molecule has 0 aliphatic rings. The molecule has 0 unspecified atom stereocenters. The third-order valence-electron chi connectivity index (χ3n) is 2.97. The molecule has 0 aliphatic heterocycles. The SMILES string of the molecule is CCCN(CC(=O)O)c1ccc(CC(=O)OC)cc1[N+](=O)[O-]. The first-order chi connectivity index (χ1) is 10.4. The van der Waals surface area contributed by atoms with E-state index in [9.17, 15) is 19.7 Å². The van der Waals surface area contributed by atoms with Gasteiger partial charge < -0.3 is 14.7 Å². The van der Waals surface area contributed by atoms with Crippen LogP contribution < -0.4 is 4.90 Å². The Hall–Kier alpha value is -2.64. The second kappa shape index (κ2) is 7.96. The molecule has 0 aliphatic carbocycles. The van der Waals surface area contributed by atoms with Crippen molar-refractivity contribution >= 4 is 23.3 Å².